The maximum atomic E-state index is 12.2. The molecule has 25 heavy (non-hydrogen) atoms. The summed E-state index contributed by atoms with van der Waals surface area (Å²) in [5.74, 6) is -1.64. The lowest BCUT2D eigenvalue weighted by molar-refractivity contribution is -0.146. The Kier molecular flexibility index (Phi) is 6.22. The number of aromatic nitrogens is 1. The van der Waals surface area contributed by atoms with Gasteiger partial charge in [0, 0.05) is 38.5 Å². The molecule has 0 saturated heterocycles. The van der Waals surface area contributed by atoms with E-state index in [0.29, 0.717) is 12.2 Å². The lowest BCUT2D eigenvalue weighted by Crippen LogP contribution is -2.38. The number of nitrogens with zero attached hydrogens (tertiary/aromatic N) is 2. The third-order valence-corrected chi connectivity index (χ3v) is 3.29. The number of ether oxygens (including phenoxy) is 1. The number of anilines is 2. The Morgan fingerprint density at radius 1 is 1.16 bits per heavy atom. The first-order valence-corrected chi connectivity index (χ1v) is 7.67. The second-order valence-corrected chi connectivity index (χ2v) is 5.29. The summed E-state index contributed by atoms with van der Waals surface area (Å²) in [6.07, 6.45) is 3.45. The topological polar surface area (TPSA) is 88.6 Å². The van der Waals surface area contributed by atoms with Crippen LogP contribution in [0.25, 0.3) is 0 Å². The van der Waals surface area contributed by atoms with Gasteiger partial charge in [-0.25, -0.2) is 4.90 Å². The molecule has 2 amide bonds. The molecule has 1 heterocycles. The highest BCUT2D eigenvalue weighted by Gasteiger charge is 2.21. The summed E-state index contributed by atoms with van der Waals surface area (Å²) in [7, 11) is 0. The Morgan fingerprint density at radius 2 is 1.96 bits per heavy atom. The molecule has 0 aliphatic carbocycles. The number of benzene rings is 1. The van der Waals surface area contributed by atoms with Gasteiger partial charge in [0.2, 0.25) is 5.91 Å². The highest BCUT2D eigenvalue weighted by Crippen LogP contribution is 2.20. The van der Waals surface area contributed by atoms with Crippen molar-refractivity contribution < 1.29 is 19.1 Å². The van der Waals surface area contributed by atoms with Crippen molar-refractivity contribution >= 4 is 29.2 Å². The van der Waals surface area contributed by atoms with Crippen molar-refractivity contribution in [3.8, 4) is 0 Å². The van der Waals surface area contributed by atoms with E-state index < -0.39 is 24.4 Å². The molecule has 7 heteroatoms. The molecule has 0 radical (unpaired) electrons. The van der Waals surface area contributed by atoms with E-state index in [0.717, 1.165) is 16.2 Å². The van der Waals surface area contributed by atoms with Crippen molar-refractivity contribution in [1.82, 2.24) is 4.98 Å². The predicted octanol–water partition coefficient (Wildman–Crippen LogP) is 2.14. The van der Waals surface area contributed by atoms with E-state index in [4.69, 9.17) is 0 Å². The molecule has 0 aliphatic rings. The molecule has 1 aromatic carbocycles. The van der Waals surface area contributed by atoms with Crippen LogP contribution in [0.4, 0.5) is 11.4 Å². The largest absolute Gasteiger partial charge is 0.456 e. The van der Waals surface area contributed by atoms with Gasteiger partial charge in [0.25, 0.3) is 5.91 Å². The van der Waals surface area contributed by atoms with Crippen LogP contribution >= 0.6 is 0 Å². The zero-order valence-electron chi connectivity index (χ0n) is 14.1. The van der Waals surface area contributed by atoms with Gasteiger partial charge in [0.15, 0.2) is 6.61 Å². The summed E-state index contributed by atoms with van der Waals surface area (Å²) < 4.78 is 4.69. The number of hydrogen-bond acceptors (Lipinski definition) is 6. The lowest BCUT2D eigenvalue weighted by atomic mass is 10.2. The maximum absolute atomic E-state index is 12.2. The van der Waals surface area contributed by atoms with Crippen LogP contribution < -0.4 is 10.2 Å². The van der Waals surface area contributed by atoms with E-state index in [1.807, 2.05) is 18.2 Å². The molecule has 7 nitrogen and oxygen atoms in total. The molecular formula is C18H19N3O4. The van der Waals surface area contributed by atoms with Crippen LogP contribution in [0.5, 0.6) is 0 Å². The van der Waals surface area contributed by atoms with Crippen LogP contribution in [0.2, 0.25) is 0 Å². The molecule has 0 unspecified atom stereocenters. The summed E-state index contributed by atoms with van der Waals surface area (Å²) in [5.41, 5.74) is 2.15. The summed E-state index contributed by atoms with van der Waals surface area (Å²) in [6.45, 7) is 2.55. The normalized spacial score (nSPS) is 10.0. The fourth-order valence-corrected chi connectivity index (χ4v) is 2.19. The monoisotopic (exact) mass is 341 g/mol. The smallest absolute Gasteiger partial charge is 0.303 e. The number of carbonyl (C=O) groups is 3. The van der Waals surface area contributed by atoms with E-state index in [1.54, 1.807) is 30.6 Å². The van der Waals surface area contributed by atoms with E-state index in [2.05, 4.69) is 15.0 Å². The average Bonchev–Trinajstić information content (AvgIpc) is 2.59. The number of amides is 2. The molecule has 2 rings (SSSR count). The lowest BCUT2D eigenvalue weighted by Gasteiger charge is -2.20. The zero-order valence-corrected chi connectivity index (χ0v) is 14.1. The molecule has 0 atom stereocenters. The van der Waals surface area contributed by atoms with Crippen LogP contribution in [0.1, 0.15) is 19.4 Å². The van der Waals surface area contributed by atoms with Crippen LogP contribution in [0.15, 0.2) is 48.8 Å². The summed E-state index contributed by atoms with van der Waals surface area (Å²) in [4.78, 5) is 39.9. The number of rotatable bonds is 6. The van der Waals surface area contributed by atoms with Gasteiger partial charge in [-0.3, -0.25) is 19.4 Å². The van der Waals surface area contributed by atoms with Gasteiger partial charge in [-0.05, 0) is 29.8 Å². The molecule has 0 saturated carbocycles. The minimum absolute atomic E-state index is 0.404. The Hall–Kier alpha value is -3.22. The summed E-state index contributed by atoms with van der Waals surface area (Å²) >= 11 is 0. The van der Waals surface area contributed by atoms with Crippen molar-refractivity contribution in [2.45, 2.75) is 20.4 Å². The maximum Gasteiger partial charge on any atom is 0.303 e. The van der Waals surface area contributed by atoms with Gasteiger partial charge in [0.1, 0.15) is 0 Å². The fraction of sp³-hybridized carbons (Fsp3) is 0.222. The van der Waals surface area contributed by atoms with Crippen LogP contribution in [0.3, 0.4) is 0 Å². The fourth-order valence-electron chi connectivity index (χ4n) is 2.19. The summed E-state index contributed by atoms with van der Waals surface area (Å²) in [6, 6.07) is 10.7. The molecule has 0 fully saturated rings. The van der Waals surface area contributed by atoms with Crippen molar-refractivity contribution in [3.05, 3.63) is 54.4 Å². The van der Waals surface area contributed by atoms with Crippen LogP contribution in [-0.2, 0) is 25.7 Å². The average molecular weight is 341 g/mol. The molecule has 0 spiro atoms. The Labute approximate surface area is 145 Å². The van der Waals surface area contributed by atoms with Crippen molar-refractivity contribution in [2.24, 2.45) is 0 Å². The Morgan fingerprint density at radius 3 is 2.60 bits per heavy atom. The standard InChI is InChI=1S/C18H19N3O4/c1-13(22)21(18(24)12-25-14(2)23)17-7-3-6-16(9-17)20-11-15-5-4-8-19-10-15/h3-10,20H,11-12H2,1-2H3. The molecule has 1 N–H and O–H groups in total. The van der Waals surface area contributed by atoms with Crippen molar-refractivity contribution in [3.63, 3.8) is 0 Å². The highest BCUT2D eigenvalue weighted by molar-refractivity contribution is 6.14. The van der Waals surface area contributed by atoms with Gasteiger partial charge < -0.3 is 10.1 Å². The molecule has 0 aliphatic heterocycles. The third-order valence-electron chi connectivity index (χ3n) is 3.29. The number of hydrogen-bond donors (Lipinski definition) is 1. The number of pyridine rings is 1. The predicted molar refractivity (Wildman–Crippen MR) is 92.8 cm³/mol. The van der Waals surface area contributed by atoms with Crippen molar-refractivity contribution in [1.29, 1.82) is 0 Å². The van der Waals surface area contributed by atoms with Gasteiger partial charge in [0.05, 0.1) is 5.69 Å². The van der Waals surface area contributed by atoms with Gasteiger partial charge in [-0.15, -0.1) is 0 Å². The number of esters is 1. The van der Waals surface area contributed by atoms with Gasteiger partial charge >= 0.3 is 5.97 Å². The zero-order chi connectivity index (χ0) is 18.2. The number of imide groups is 1. The highest BCUT2D eigenvalue weighted by atomic mass is 16.5. The first-order chi connectivity index (χ1) is 12.0. The first-order valence-electron chi connectivity index (χ1n) is 7.67. The first kappa shape index (κ1) is 18.1. The molecule has 0 bridgehead atoms. The van der Waals surface area contributed by atoms with Crippen LogP contribution in [-0.4, -0.2) is 29.4 Å². The van der Waals surface area contributed by atoms with E-state index in [1.165, 1.54) is 13.8 Å². The Bertz CT molecular complexity index is 762. The second kappa shape index (κ2) is 8.58. The minimum atomic E-state index is -0.605. The van der Waals surface area contributed by atoms with E-state index in [-0.39, 0.29) is 0 Å². The Balaban J connectivity index is 2.12. The van der Waals surface area contributed by atoms with E-state index >= 15 is 0 Å². The van der Waals surface area contributed by atoms with Gasteiger partial charge in [-0.1, -0.05) is 12.1 Å². The molecule has 2 aromatic rings. The van der Waals surface area contributed by atoms with Crippen LogP contribution in [0, 0.1) is 0 Å². The number of carbonyl (C=O) groups excluding carboxylic acids is 3. The third kappa shape index (κ3) is 5.42. The number of nitrogens with one attached hydrogen (secondary N) is 1. The SMILES string of the molecule is CC(=O)OCC(=O)N(C(C)=O)c1cccc(NCc2cccnc2)c1. The quantitative estimate of drug-likeness (QED) is 0.810. The summed E-state index contributed by atoms with van der Waals surface area (Å²) in [5, 5.41) is 3.21. The van der Waals surface area contributed by atoms with E-state index in [9.17, 15) is 14.4 Å². The molecular weight excluding hydrogens is 322 g/mol. The van der Waals surface area contributed by atoms with Crippen molar-refractivity contribution in [2.75, 3.05) is 16.8 Å². The minimum Gasteiger partial charge on any atom is -0.456 e. The molecule has 1 aromatic heterocycles. The molecule has 130 valence electrons. The second-order valence-electron chi connectivity index (χ2n) is 5.29. The van der Waals surface area contributed by atoms with Gasteiger partial charge in [-0.2, -0.15) is 0 Å².